The van der Waals surface area contributed by atoms with Crippen LogP contribution in [-0.2, 0) is 4.79 Å². The zero-order valence-corrected chi connectivity index (χ0v) is 15.9. The summed E-state index contributed by atoms with van der Waals surface area (Å²) < 4.78 is 5.56. The Morgan fingerprint density at radius 1 is 1.41 bits per heavy atom. The number of likely N-dealkylation sites (tertiary alicyclic amines) is 1. The van der Waals surface area contributed by atoms with Crippen molar-refractivity contribution in [3.8, 4) is 0 Å². The van der Waals surface area contributed by atoms with Gasteiger partial charge in [-0.15, -0.1) is 0 Å². The van der Waals surface area contributed by atoms with Crippen LogP contribution in [-0.4, -0.2) is 43.1 Å². The highest BCUT2D eigenvalue weighted by Gasteiger charge is 2.55. The SMILES string of the molecule is C=N/C=C\c1cc(C(=O)NCC2CC23CCN(C(=O)C2CC2)CC3)oc1C. The highest BCUT2D eigenvalue weighted by Crippen LogP contribution is 2.59. The Balaban J connectivity index is 1.26. The molecule has 4 rings (SSSR count). The smallest absolute Gasteiger partial charge is 0.287 e. The summed E-state index contributed by atoms with van der Waals surface area (Å²) in [6.07, 6.45) is 8.77. The molecule has 27 heavy (non-hydrogen) atoms. The lowest BCUT2D eigenvalue weighted by Crippen LogP contribution is -2.41. The van der Waals surface area contributed by atoms with Crippen LogP contribution in [0.15, 0.2) is 21.7 Å². The van der Waals surface area contributed by atoms with Gasteiger partial charge in [0.15, 0.2) is 5.76 Å². The maximum absolute atomic E-state index is 12.4. The molecule has 0 aromatic carbocycles. The number of aryl methyl sites for hydroxylation is 1. The number of rotatable bonds is 6. The Labute approximate surface area is 159 Å². The number of carbonyl (C=O) groups is 2. The van der Waals surface area contributed by atoms with E-state index in [1.54, 1.807) is 18.3 Å². The third kappa shape index (κ3) is 3.70. The molecular formula is C21H27N3O3. The number of nitrogens with one attached hydrogen (secondary N) is 1. The van der Waals surface area contributed by atoms with Crippen molar-refractivity contribution < 1.29 is 14.0 Å². The molecule has 1 unspecified atom stereocenters. The zero-order chi connectivity index (χ0) is 19.0. The molecule has 1 atom stereocenters. The molecule has 1 aromatic rings. The Bertz CT molecular complexity index is 783. The molecule has 6 heteroatoms. The molecule has 1 aliphatic heterocycles. The van der Waals surface area contributed by atoms with Crippen molar-refractivity contribution in [2.24, 2.45) is 22.2 Å². The second kappa shape index (κ2) is 6.98. The number of furan rings is 1. The Morgan fingerprint density at radius 3 is 2.81 bits per heavy atom. The molecule has 2 amide bonds. The summed E-state index contributed by atoms with van der Waals surface area (Å²) in [5.41, 5.74) is 1.17. The van der Waals surface area contributed by atoms with Gasteiger partial charge in [0.2, 0.25) is 5.91 Å². The number of carbonyl (C=O) groups excluding carboxylic acids is 2. The van der Waals surface area contributed by atoms with Crippen LogP contribution < -0.4 is 5.32 Å². The second-order valence-corrected chi connectivity index (χ2v) is 8.19. The number of piperidine rings is 1. The average Bonchev–Trinajstić information content (AvgIpc) is 3.58. The molecule has 0 radical (unpaired) electrons. The van der Waals surface area contributed by atoms with E-state index in [2.05, 4.69) is 21.9 Å². The van der Waals surface area contributed by atoms with E-state index in [9.17, 15) is 9.59 Å². The minimum atomic E-state index is -0.173. The maximum atomic E-state index is 12.4. The summed E-state index contributed by atoms with van der Waals surface area (Å²) >= 11 is 0. The van der Waals surface area contributed by atoms with Crippen LogP contribution in [0, 0.1) is 24.2 Å². The highest BCUT2D eigenvalue weighted by atomic mass is 16.3. The molecule has 2 heterocycles. The van der Waals surface area contributed by atoms with Crippen molar-refractivity contribution in [2.75, 3.05) is 19.6 Å². The van der Waals surface area contributed by atoms with Crippen LogP contribution in [0.4, 0.5) is 0 Å². The first-order chi connectivity index (χ1) is 13.0. The van der Waals surface area contributed by atoms with Gasteiger partial charge in [-0.3, -0.25) is 14.6 Å². The molecule has 1 N–H and O–H groups in total. The molecule has 2 aliphatic carbocycles. The maximum Gasteiger partial charge on any atom is 0.287 e. The predicted molar refractivity (Wildman–Crippen MR) is 103 cm³/mol. The van der Waals surface area contributed by atoms with Crippen LogP contribution in [0.2, 0.25) is 0 Å². The standard InChI is InChI=1S/C21H27N3O3/c1-14-16(5-8-22-2)11-18(27-14)19(25)23-13-17-12-21(17)6-9-24(10-7-21)20(26)15-3-4-15/h5,8,11,15,17H,2-4,6-7,9-10,12-13H2,1H3,(H,23,25)/b8-5-. The number of aliphatic imine (C=N–C) groups is 1. The van der Waals surface area contributed by atoms with Gasteiger partial charge in [-0.1, -0.05) is 0 Å². The Kier molecular flexibility index (Phi) is 4.66. The van der Waals surface area contributed by atoms with Crippen LogP contribution in [0.5, 0.6) is 0 Å². The first-order valence-electron chi connectivity index (χ1n) is 9.82. The van der Waals surface area contributed by atoms with E-state index in [-0.39, 0.29) is 5.91 Å². The minimum absolute atomic E-state index is 0.173. The molecule has 0 bridgehead atoms. The van der Waals surface area contributed by atoms with Gasteiger partial charge in [-0.2, -0.15) is 0 Å². The topological polar surface area (TPSA) is 74.9 Å². The lowest BCUT2D eigenvalue weighted by molar-refractivity contribution is -0.134. The van der Waals surface area contributed by atoms with Crippen LogP contribution in [0.3, 0.4) is 0 Å². The van der Waals surface area contributed by atoms with Gasteiger partial charge in [0.1, 0.15) is 5.76 Å². The summed E-state index contributed by atoms with van der Waals surface area (Å²) in [5.74, 6) is 2.03. The van der Waals surface area contributed by atoms with Crippen molar-refractivity contribution in [2.45, 2.75) is 39.0 Å². The normalized spacial score (nSPS) is 23.6. The summed E-state index contributed by atoms with van der Waals surface area (Å²) in [6, 6.07) is 1.73. The van der Waals surface area contributed by atoms with Gasteiger partial charge in [-0.05, 0) is 69.2 Å². The third-order valence-electron chi connectivity index (χ3n) is 6.40. The second-order valence-electron chi connectivity index (χ2n) is 8.19. The summed E-state index contributed by atoms with van der Waals surface area (Å²) in [6.45, 7) is 7.66. The van der Waals surface area contributed by atoms with Crippen molar-refractivity contribution >= 4 is 24.6 Å². The van der Waals surface area contributed by atoms with E-state index in [1.165, 1.54) is 0 Å². The number of amides is 2. The lowest BCUT2D eigenvalue weighted by atomic mass is 9.90. The fraction of sp³-hybridized carbons (Fsp3) is 0.571. The van der Waals surface area contributed by atoms with Gasteiger partial charge < -0.3 is 14.6 Å². The fourth-order valence-corrected chi connectivity index (χ4v) is 4.30. The van der Waals surface area contributed by atoms with Crippen LogP contribution >= 0.6 is 0 Å². The first-order valence-corrected chi connectivity index (χ1v) is 9.82. The van der Waals surface area contributed by atoms with E-state index in [0.717, 1.165) is 50.8 Å². The third-order valence-corrected chi connectivity index (χ3v) is 6.40. The lowest BCUT2D eigenvalue weighted by Gasteiger charge is -2.33. The molecular weight excluding hydrogens is 342 g/mol. The molecule has 3 aliphatic rings. The van der Waals surface area contributed by atoms with Gasteiger partial charge in [0.25, 0.3) is 5.91 Å². The first kappa shape index (κ1) is 18.0. The van der Waals surface area contributed by atoms with E-state index in [1.807, 2.05) is 6.92 Å². The van der Waals surface area contributed by atoms with Crippen molar-refractivity contribution in [1.82, 2.24) is 10.2 Å². The fourth-order valence-electron chi connectivity index (χ4n) is 4.30. The van der Waals surface area contributed by atoms with E-state index >= 15 is 0 Å². The minimum Gasteiger partial charge on any atom is -0.456 e. The Hall–Kier alpha value is -2.37. The summed E-state index contributed by atoms with van der Waals surface area (Å²) in [5, 5.41) is 3.02. The number of hydrogen-bond donors (Lipinski definition) is 1. The van der Waals surface area contributed by atoms with Crippen molar-refractivity contribution in [3.05, 3.63) is 29.4 Å². The van der Waals surface area contributed by atoms with Crippen LogP contribution in [0.1, 0.15) is 54.0 Å². The molecule has 1 saturated heterocycles. The Morgan fingerprint density at radius 2 is 2.15 bits per heavy atom. The largest absolute Gasteiger partial charge is 0.456 e. The number of hydrogen-bond acceptors (Lipinski definition) is 4. The van der Waals surface area contributed by atoms with E-state index < -0.39 is 0 Å². The molecule has 1 aromatic heterocycles. The highest BCUT2D eigenvalue weighted by molar-refractivity contribution is 5.92. The van der Waals surface area contributed by atoms with E-state index in [0.29, 0.717) is 41.2 Å². The summed E-state index contributed by atoms with van der Waals surface area (Å²) in [4.78, 5) is 30.3. The van der Waals surface area contributed by atoms with Gasteiger partial charge in [0, 0.05) is 37.3 Å². The number of nitrogens with zero attached hydrogens (tertiary/aromatic N) is 2. The molecule has 2 saturated carbocycles. The molecule has 144 valence electrons. The van der Waals surface area contributed by atoms with Gasteiger partial charge in [0.05, 0.1) is 0 Å². The monoisotopic (exact) mass is 369 g/mol. The van der Waals surface area contributed by atoms with E-state index in [4.69, 9.17) is 4.42 Å². The molecule has 3 fully saturated rings. The quantitative estimate of drug-likeness (QED) is 0.783. The van der Waals surface area contributed by atoms with Crippen LogP contribution in [0.25, 0.3) is 6.08 Å². The summed E-state index contributed by atoms with van der Waals surface area (Å²) in [7, 11) is 0. The van der Waals surface area contributed by atoms with Crippen molar-refractivity contribution in [3.63, 3.8) is 0 Å². The predicted octanol–water partition coefficient (Wildman–Crippen LogP) is 3.03. The zero-order valence-electron chi connectivity index (χ0n) is 15.9. The van der Waals surface area contributed by atoms with Gasteiger partial charge in [-0.25, -0.2) is 0 Å². The van der Waals surface area contributed by atoms with Crippen molar-refractivity contribution in [1.29, 1.82) is 0 Å². The average molecular weight is 369 g/mol. The van der Waals surface area contributed by atoms with Gasteiger partial charge >= 0.3 is 0 Å². The molecule has 6 nitrogen and oxygen atoms in total. The molecule has 1 spiro atoms.